The molecule has 17 heavy (non-hydrogen) atoms. The lowest BCUT2D eigenvalue weighted by Crippen LogP contribution is -2.08. The minimum absolute atomic E-state index is 0.596. The summed E-state index contributed by atoms with van der Waals surface area (Å²) in [6.45, 7) is 2.77. The third kappa shape index (κ3) is 6.35. The molecule has 0 aliphatic heterocycles. The molecule has 1 heterocycles. The van der Waals surface area contributed by atoms with Crippen molar-refractivity contribution in [3.8, 4) is 0 Å². The highest BCUT2D eigenvalue weighted by atomic mass is 16.5. The first-order valence-electron chi connectivity index (χ1n) is 5.89. The maximum absolute atomic E-state index is 5.33. The van der Waals surface area contributed by atoms with Crippen molar-refractivity contribution < 1.29 is 14.0 Å². The molecule has 0 spiro atoms. The maximum atomic E-state index is 5.33. The Bertz CT molecular complexity index is 291. The maximum Gasteiger partial charge on any atom is 0.226 e. The quantitative estimate of drug-likeness (QED) is 0.601. The van der Waals surface area contributed by atoms with E-state index < -0.39 is 0 Å². The second-order valence-corrected chi connectivity index (χ2v) is 3.67. The summed E-state index contributed by atoms with van der Waals surface area (Å²) >= 11 is 0. The fourth-order valence-corrected chi connectivity index (χ4v) is 1.32. The van der Waals surface area contributed by atoms with Crippen LogP contribution in [0.15, 0.2) is 4.52 Å². The Labute approximate surface area is 102 Å². The summed E-state index contributed by atoms with van der Waals surface area (Å²) in [6.07, 6.45) is 2.50. The van der Waals surface area contributed by atoms with Gasteiger partial charge < -0.3 is 19.3 Å². The van der Waals surface area contributed by atoms with Crippen LogP contribution in [-0.4, -0.2) is 50.7 Å². The van der Waals surface area contributed by atoms with E-state index in [1.807, 2.05) is 7.05 Å². The number of ether oxygens (including phenoxy) is 2. The van der Waals surface area contributed by atoms with Gasteiger partial charge in [0.2, 0.25) is 5.89 Å². The van der Waals surface area contributed by atoms with Crippen molar-refractivity contribution in [1.82, 2.24) is 15.5 Å². The Morgan fingerprint density at radius 1 is 1.24 bits per heavy atom. The summed E-state index contributed by atoms with van der Waals surface area (Å²) in [4.78, 5) is 4.28. The number of hydrogen-bond donors (Lipinski definition) is 1. The van der Waals surface area contributed by atoms with Gasteiger partial charge in [-0.05, 0) is 20.0 Å². The summed E-state index contributed by atoms with van der Waals surface area (Å²) in [5.41, 5.74) is 0. The van der Waals surface area contributed by atoms with Gasteiger partial charge in [-0.2, -0.15) is 4.98 Å². The zero-order valence-electron chi connectivity index (χ0n) is 10.6. The highest BCUT2D eigenvalue weighted by Crippen LogP contribution is 2.01. The Hall–Kier alpha value is -0.980. The molecule has 1 N–H and O–H groups in total. The standard InChI is InChI=1S/C11H21N3O3/c1-12-6-3-4-11-13-10(14-17-11)5-7-16-9-8-15-2/h12H,3-9H2,1-2H3. The number of nitrogens with one attached hydrogen (secondary N) is 1. The van der Waals surface area contributed by atoms with Gasteiger partial charge >= 0.3 is 0 Å². The Balaban J connectivity index is 2.12. The van der Waals surface area contributed by atoms with E-state index in [0.717, 1.165) is 19.4 Å². The fraction of sp³-hybridized carbons (Fsp3) is 0.818. The van der Waals surface area contributed by atoms with Crippen LogP contribution in [0.3, 0.4) is 0 Å². The van der Waals surface area contributed by atoms with Crippen molar-refractivity contribution in [3.63, 3.8) is 0 Å². The Morgan fingerprint density at radius 2 is 2.12 bits per heavy atom. The molecule has 0 fully saturated rings. The Morgan fingerprint density at radius 3 is 2.88 bits per heavy atom. The minimum atomic E-state index is 0.596. The lowest BCUT2D eigenvalue weighted by molar-refractivity contribution is 0.0714. The van der Waals surface area contributed by atoms with Gasteiger partial charge in [-0.3, -0.25) is 0 Å². The summed E-state index contributed by atoms with van der Waals surface area (Å²) in [5.74, 6) is 1.41. The molecule has 0 atom stereocenters. The molecular formula is C11H21N3O3. The highest BCUT2D eigenvalue weighted by molar-refractivity contribution is 4.86. The molecule has 0 saturated heterocycles. The second kappa shape index (κ2) is 9.09. The lowest BCUT2D eigenvalue weighted by atomic mass is 10.3. The third-order valence-electron chi connectivity index (χ3n) is 2.23. The van der Waals surface area contributed by atoms with E-state index in [-0.39, 0.29) is 0 Å². The van der Waals surface area contributed by atoms with E-state index in [0.29, 0.717) is 38.0 Å². The van der Waals surface area contributed by atoms with E-state index in [2.05, 4.69) is 15.5 Å². The van der Waals surface area contributed by atoms with Crippen molar-refractivity contribution in [2.24, 2.45) is 0 Å². The SMILES string of the molecule is CNCCCc1nc(CCOCCOC)no1. The molecule has 0 aliphatic rings. The number of methoxy groups -OCH3 is 1. The molecule has 0 radical (unpaired) electrons. The van der Waals surface area contributed by atoms with Crippen LogP contribution in [0.1, 0.15) is 18.1 Å². The lowest BCUT2D eigenvalue weighted by Gasteiger charge is -1.99. The van der Waals surface area contributed by atoms with E-state index >= 15 is 0 Å². The molecule has 6 heteroatoms. The predicted octanol–water partition coefficient (Wildman–Crippen LogP) is 0.427. The molecule has 98 valence electrons. The molecule has 0 unspecified atom stereocenters. The number of aromatic nitrogens is 2. The molecule has 1 rings (SSSR count). The fourth-order valence-electron chi connectivity index (χ4n) is 1.32. The normalized spacial score (nSPS) is 10.9. The molecule has 0 aromatic carbocycles. The van der Waals surface area contributed by atoms with Crippen LogP contribution in [0.5, 0.6) is 0 Å². The van der Waals surface area contributed by atoms with Crippen molar-refractivity contribution in [3.05, 3.63) is 11.7 Å². The summed E-state index contributed by atoms with van der Waals surface area (Å²) in [6, 6.07) is 0. The van der Waals surface area contributed by atoms with Crippen LogP contribution >= 0.6 is 0 Å². The van der Waals surface area contributed by atoms with Crippen LogP contribution in [0.25, 0.3) is 0 Å². The zero-order valence-corrected chi connectivity index (χ0v) is 10.6. The van der Waals surface area contributed by atoms with Gasteiger partial charge in [-0.1, -0.05) is 5.16 Å². The van der Waals surface area contributed by atoms with Gasteiger partial charge in [0.15, 0.2) is 5.82 Å². The topological polar surface area (TPSA) is 69.4 Å². The van der Waals surface area contributed by atoms with Crippen LogP contribution in [0.4, 0.5) is 0 Å². The minimum Gasteiger partial charge on any atom is -0.382 e. The van der Waals surface area contributed by atoms with Gasteiger partial charge in [0, 0.05) is 20.0 Å². The summed E-state index contributed by atoms with van der Waals surface area (Å²) < 4.78 is 15.3. The first-order valence-corrected chi connectivity index (χ1v) is 5.89. The van der Waals surface area contributed by atoms with Gasteiger partial charge in [0.25, 0.3) is 0 Å². The summed E-state index contributed by atoms with van der Waals surface area (Å²) in [5, 5.41) is 6.97. The average Bonchev–Trinajstić information content (AvgIpc) is 2.77. The van der Waals surface area contributed by atoms with Gasteiger partial charge in [-0.25, -0.2) is 0 Å². The van der Waals surface area contributed by atoms with Gasteiger partial charge in [0.05, 0.1) is 19.8 Å². The molecule has 0 saturated carbocycles. The molecule has 6 nitrogen and oxygen atoms in total. The van der Waals surface area contributed by atoms with Crippen LogP contribution in [-0.2, 0) is 22.3 Å². The molecule has 1 aromatic heterocycles. The van der Waals surface area contributed by atoms with Crippen molar-refractivity contribution in [2.75, 3.05) is 40.5 Å². The van der Waals surface area contributed by atoms with Crippen molar-refractivity contribution in [2.45, 2.75) is 19.3 Å². The molecule has 0 amide bonds. The largest absolute Gasteiger partial charge is 0.382 e. The molecule has 0 bridgehead atoms. The van der Waals surface area contributed by atoms with Crippen molar-refractivity contribution in [1.29, 1.82) is 0 Å². The van der Waals surface area contributed by atoms with E-state index in [4.69, 9.17) is 14.0 Å². The predicted molar refractivity (Wildman–Crippen MR) is 62.9 cm³/mol. The van der Waals surface area contributed by atoms with Crippen LogP contribution in [0.2, 0.25) is 0 Å². The van der Waals surface area contributed by atoms with Gasteiger partial charge in [0.1, 0.15) is 0 Å². The number of rotatable bonds is 10. The molecular weight excluding hydrogens is 222 g/mol. The monoisotopic (exact) mass is 243 g/mol. The third-order valence-corrected chi connectivity index (χ3v) is 2.23. The van der Waals surface area contributed by atoms with Gasteiger partial charge in [-0.15, -0.1) is 0 Å². The first-order chi connectivity index (χ1) is 8.36. The number of nitrogens with zero attached hydrogens (tertiary/aromatic N) is 2. The molecule has 0 aliphatic carbocycles. The van der Waals surface area contributed by atoms with Crippen LogP contribution in [0, 0.1) is 0 Å². The first kappa shape index (κ1) is 14.1. The van der Waals surface area contributed by atoms with Crippen LogP contribution < -0.4 is 5.32 Å². The van der Waals surface area contributed by atoms with E-state index in [1.165, 1.54) is 0 Å². The van der Waals surface area contributed by atoms with E-state index in [9.17, 15) is 0 Å². The zero-order chi connectivity index (χ0) is 12.3. The number of hydrogen-bond acceptors (Lipinski definition) is 6. The smallest absolute Gasteiger partial charge is 0.226 e. The average molecular weight is 243 g/mol. The van der Waals surface area contributed by atoms with Crippen molar-refractivity contribution >= 4 is 0 Å². The number of aryl methyl sites for hydroxylation is 1. The molecule has 1 aromatic rings. The summed E-state index contributed by atoms with van der Waals surface area (Å²) in [7, 11) is 3.58. The highest BCUT2D eigenvalue weighted by Gasteiger charge is 2.05. The van der Waals surface area contributed by atoms with E-state index in [1.54, 1.807) is 7.11 Å². The Kier molecular flexibility index (Phi) is 7.53. The second-order valence-electron chi connectivity index (χ2n) is 3.67.